The largest absolute Gasteiger partial charge is 0.317 e. The number of amidine groups is 1. The van der Waals surface area contributed by atoms with E-state index in [1.54, 1.807) is 0 Å². The van der Waals surface area contributed by atoms with E-state index in [0.717, 1.165) is 22.6 Å². The summed E-state index contributed by atoms with van der Waals surface area (Å²) in [6.45, 7) is 6.12. The second kappa shape index (κ2) is 7.93. The summed E-state index contributed by atoms with van der Waals surface area (Å²) in [5.74, 6) is -0.151. The van der Waals surface area contributed by atoms with E-state index in [2.05, 4.69) is 40.9 Å². The molecule has 0 spiro atoms. The molecule has 0 bridgehead atoms. The summed E-state index contributed by atoms with van der Waals surface area (Å²) in [4.78, 5) is 17.7. The molecular formula is C23H20ClN3OS. The van der Waals surface area contributed by atoms with E-state index >= 15 is 0 Å². The Morgan fingerprint density at radius 2 is 1.83 bits per heavy atom. The number of halogens is 1. The fourth-order valence-electron chi connectivity index (χ4n) is 3.17. The molecule has 4 nitrogen and oxygen atoms in total. The highest BCUT2D eigenvalue weighted by Gasteiger charge is 2.24. The number of nitrogens with one attached hydrogen (secondary N) is 1. The van der Waals surface area contributed by atoms with Crippen LogP contribution in [0.25, 0.3) is 11.8 Å². The van der Waals surface area contributed by atoms with Crippen molar-refractivity contribution in [3.63, 3.8) is 0 Å². The number of hydrogen-bond acceptors (Lipinski definition) is 3. The average molecular weight is 422 g/mol. The molecule has 3 aromatic rings. The third kappa shape index (κ3) is 3.88. The van der Waals surface area contributed by atoms with Crippen LogP contribution in [0.4, 0.5) is 5.69 Å². The minimum atomic E-state index is -0.151. The number of amides is 1. The summed E-state index contributed by atoms with van der Waals surface area (Å²) in [5.41, 5.74) is 6.13. The van der Waals surface area contributed by atoms with Crippen LogP contribution in [0.2, 0.25) is 5.02 Å². The summed E-state index contributed by atoms with van der Waals surface area (Å²) >= 11 is 7.51. The first-order valence-corrected chi connectivity index (χ1v) is 10.4. The normalized spacial score (nSPS) is 16.6. The molecule has 0 saturated carbocycles. The van der Waals surface area contributed by atoms with Gasteiger partial charge in [-0.25, -0.2) is 4.99 Å². The van der Waals surface area contributed by atoms with Crippen molar-refractivity contribution in [3.05, 3.63) is 87.0 Å². The number of carbonyl (C=O) groups is 1. The van der Waals surface area contributed by atoms with E-state index in [4.69, 9.17) is 11.6 Å². The molecule has 0 atom stereocenters. The third-order valence-corrected chi connectivity index (χ3v) is 6.33. The molecule has 0 radical (unpaired) electrons. The number of carbonyl (C=O) groups excluding carboxylic acids is 1. The fraction of sp³-hybridized carbons (Fsp3) is 0.130. The van der Waals surface area contributed by atoms with Gasteiger partial charge in [0.05, 0.1) is 10.6 Å². The lowest BCUT2D eigenvalue weighted by Crippen LogP contribution is -2.19. The highest BCUT2D eigenvalue weighted by Crippen LogP contribution is 2.31. The van der Waals surface area contributed by atoms with Crippen molar-refractivity contribution in [1.29, 1.82) is 0 Å². The van der Waals surface area contributed by atoms with E-state index < -0.39 is 0 Å². The maximum absolute atomic E-state index is 12.5. The summed E-state index contributed by atoms with van der Waals surface area (Å²) in [6.07, 6.45) is 3.91. The summed E-state index contributed by atoms with van der Waals surface area (Å²) < 4.78 is 2.10. The van der Waals surface area contributed by atoms with Crippen molar-refractivity contribution in [3.8, 4) is 5.69 Å². The smallest absolute Gasteiger partial charge is 0.264 e. The first kappa shape index (κ1) is 19.6. The van der Waals surface area contributed by atoms with E-state index in [1.165, 1.54) is 22.9 Å². The minimum Gasteiger partial charge on any atom is -0.317 e. The Labute approximate surface area is 179 Å². The number of hydrogen-bond donors (Lipinski definition) is 1. The Kier molecular flexibility index (Phi) is 5.35. The van der Waals surface area contributed by atoms with Gasteiger partial charge in [-0.05, 0) is 85.6 Å². The molecule has 1 aromatic heterocycles. The maximum atomic E-state index is 12.5. The van der Waals surface area contributed by atoms with Gasteiger partial charge in [-0.3, -0.25) is 4.79 Å². The van der Waals surface area contributed by atoms with Crippen LogP contribution >= 0.6 is 23.4 Å². The number of nitrogens with zero attached hydrogens (tertiary/aromatic N) is 2. The van der Waals surface area contributed by atoms with E-state index in [0.29, 0.717) is 15.1 Å². The molecule has 6 heteroatoms. The number of benzene rings is 2. The second-order valence-electron chi connectivity index (χ2n) is 6.89. The Morgan fingerprint density at radius 1 is 1.03 bits per heavy atom. The molecule has 1 N–H and O–H groups in total. The molecule has 1 fully saturated rings. The van der Waals surface area contributed by atoms with Gasteiger partial charge in [-0.15, -0.1) is 0 Å². The number of thioether (sulfide) groups is 1. The monoisotopic (exact) mass is 421 g/mol. The summed E-state index contributed by atoms with van der Waals surface area (Å²) in [7, 11) is 0. The van der Waals surface area contributed by atoms with Gasteiger partial charge in [0.25, 0.3) is 5.91 Å². The highest BCUT2D eigenvalue weighted by atomic mass is 35.5. The molecular weight excluding hydrogens is 402 g/mol. The van der Waals surface area contributed by atoms with E-state index in [9.17, 15) is 4.79 Å². The molecule has 0 unspecified atom stereocenters. The van der Waals surface area contributed by atoms with Crippen LogP contribution in [-0.4, -0.2) is 15.6 Å². The fourth-order valence-corrected chi connectivity index (χ4v) is 4.16. The lowest BCUT2D eigenvalue weighted by Gasteiger charge is -2.12. The van der Waals surface area contributed by atoms with Crippen LogP contribution in [0.15, 0.2) is 64.6 Å². The predicted molar refractivity (Wildman–Crippen MR) is 122 cm³/mol. The average Bonchev–Trinajstić information content (AvgIpc) is 3.28. The Morgan fingerprint density at radius 3 is 2.66 bits per heavy atom. The minimum absolute atomic E-state index is 0.151. The molecule has 1 aliphatic heterocycles. The van der Waals surface area contributed by atoms with Gasteiger partial charge in [-0.1, -0.05) is 29.8 Å². The van der Waals surface area contributed by atoms with Crippen molar-refractivity contribution in [2.75, 3.05) is 0 Å². The predicted octanol–water partition coefficient (Wildman–Crippen LogP) is 5.95. The lowest BCUT2D eigenvalue weighted by atomic mass is 10.1. The zero-order valence-corrected chi connectivity index (χ0v) is 17.9. The first-order valence-electron chi connectivity index (χ1n) is 9.22. The number of aryl methyl sites for hydroxylation is 1. The van der Waals surface area contributed by atoms with Gasteiger partial charge in [0, 0.05) is 22.6 Å². The van der Waals surface area contributed by atoms with Crippen molar-refractivity contribution in [2.24, 2.45) is 4.99 Å². The van der Waals surface area contributed by atoms with E-state index in [-0.39, 0.29) is 5.91 Å². The highest BCUT2D eigenvalue weighted by molar-refractivity contribution is 8.18. The quantitative estimate of drug-likeness (QED) is 0.531. The van der Waals surface area contributed by atoms with Crippen LogP contribution in [0.3, 0.4) is 0 Å². The zero-order valence-electron chi connectivity index (χ0n) is 16.4. The van der Waals surface area contributed by atoms with Crippen molar-refractivity contribution < 1.29 is 4.79 Å². The topological polar surface area (TPSA) is 46.4 Å². The van der Waals surface area contributed by atoms with Gasteiger partial charge in [0.15, 0.2) is 5.17 Å². The molecule has 1 amide bonds. The first-order chi connectivity index (χ1) is 13.9. The lowest BCUT2D eigenvalue weighted by molar-refractivity contribution is -0.115. The number of aromatic nitrogens is 1. The van der Waals surface area contributed by atoms with Crippen LogP contribution in [-0.2, 0) is 4.79 Å². The van der Waals surface area contributed by atoms with Crippen molar-refractivity contribution in [1.82, 2.24) is 9.88 Å². The molecule has 29 heavy (non-hydrogen) atoms. The molecule has 0 aliphatic carbocycles. The van der Waals surface area contributed by atoms with Crippen LogP contribution in [0.5, 0.6) is 0 Å². The Bertz CT molecular complexity index is 1180. The second-order valence-corrected chi connectivity index (χ2v) is 8.33. The molecule has 1 saturated heterocycles. The SMILES string of the molecule is Cc1cccc(-n2cccc2/C=C2/SC(=Nc3cccc(Cl)c3C)NC2=O)c1C. The van der Waals surface area contributed by atoms with E-state index in [1.807, 2.05) is 55.6 Å². The molecule has 1 aliphatic rings. The van der Waals surface area contributed by atoms with Gasteiger partial charge in [-0.2, -0.15) is 0 Å². The number of rotatable bonds is 3. The summed E-state index contributed by atoms with van der Waals surface area (Å²) in [6, 6.07) is 15.8. The molecule has 2 heterocycles. The van der Waals surface area contributed by atoms with Crippen LogP contribution in [0.1, 0.15) is 22.4 Å². The van der Waals surface area contributed by atoms with Crippen LogP contribution < -0.4 is 5.32 Å². The molecule has 4 rings (SSSR count). The third-order valence-electron chi connectivity index (χ3n) is 5.01. The van der Waals surface area contributed by atoms with Crippen molar-refractivity contribution in [2.45, 2.75) is 20.8 Å². The van der Waals surface area contributed by atoms with Gasteiger partial charge >= 0.3 is 0 Å². The van der Waals surface area contributed by atoms with Gasteiger partial charge in [0.1, 0.15) is 0 Å². The van der Waals surface area contributed by atoms with Gasteiger partial charge < -0.3 is 9.88 Å². The standard InChI is InChI=1S/C23H20ClN3OS/c1-14-7-4-11-20(15(14)2)27-12-6-8-17(27)13-21-22(28)26-23(29-21)25-19-10-5-9-18(24)16(19)3/h4-13H,1-3H3,(H,25,26,28)/b21-13+. The maximum Gasteiger partial charge on any atom is 0.264 e. The number of aliphatic imine (C=N–C) groups is 1. The van der Waals surface area contributed by atoms with Crippen LogP contribution in [0, 0.1) is 20.8 Å². The van der Waals surface area contributed by atoms with Crippen molar-refractivity contribution >= 4 is 46.2 Å². The molecule has 146 valence electrons. The summed E-state index contributed by atoms with van der Waals surface area (Å²) in [5, 5.41) is 4.05. The Hall–Kier alpha value is -2.76. The zero-order chi connectivity index (χ0) is 20.5. The Balaban J connectivity index is 1.66. The molecule has 2 aromatic carbocycles. The van der Waals surface area contributed by atoms with Gasteiger partial charge in [0.2, 0.25) is 0 Å².